The monoisotopic (exact) mass is 1090 g/mol. The molecule has 0 radical (unpaired) electrons. The molecular formula is C86H54. The van der Waals surface area contributed by atoms with Crippen molar-refractivity contribution < 1.29 is 0 Å². The molecule has 0 spiro atoms. The van der Waals surface area contributed by atoms with Crippen molar-refractivity contribution in [2.24, 2.45) is 0 Å². The van der Waals surface area contributed by atoms with Gasteiger partial charge in [0, 0.05) is 0 Å². The Morgan fingerprint density at radius 1 is 0.116 bits per heavy atom. The van der Waals surface area contributed by atoms with Crippen LogP contribution in [0.2, 0.25) is 0 Å². The minimum absolute atomic E-state index is 1.18. The summed E-state index contributed by atoms with van der Waals surface area (Å²) in [6.45, 7) is 0. The third-order valence-electron chi connectivity index (χ3n) is 18.1. The van der Waals surface area contributed by atoms with Gasteiger partial charge in [0.25, 0.3) is 0 Å². The Morgan fingerprint density at radius 3 is 0.721 bits per heavy atom. The lowest BCUT2D eigenvalue weighted by atomic mass is 9.83. The van der Waals surface area contributed by atoms with E-state index >= 15 is 0 Å². The molecule has 0 saturated carbocycles. The van der Waals surface area contributed by atoms with E-state index in [1.54, 1.807) is 0 Å². The second-order valence-corrected chi connectivity index (χ2v) is 23.1. The van der Waals surface area contributed by atoms with Crippen LogP contribution in [0.3, 0.4) is 0 Å². The highest BCUT2D eigenvalue weighted by molar-refractivity contribution is 6.22. The maximum atomic E-state index is 2.46. The third kappa shape index (κ3) is 8.45. The molecule has 0 amide bonds. The lowest BCUT2D eigenvalue weighted by Crippen LogP contribution is -1.93. The molecule has 0 unspecified atom stereocenters. The zero-order chi connectivity index (χ0) is 56.7. The fourth-order valence-corrected chi connectivity index (χ4v) is 14.0. The molecule has 0 aliphatic carbocycles. The highest BCUT2D eigenvalue weighted by Gasteiger charge is 2.21. The van der Waals surface area contributed by atoms with Crippen LogP contribution in [0.5, 0.6) is 0 Å². The molecule has 17 aromatic carbocycles. The quantitative estimate of drug-likeness (QED) is 0.133. The molecule has 0 fully saturated rings. The molecule has 0 saturated heterocycles. The van der Waals surface area contributed by atoms with Crippen LogP contribution in [-0.4, -0.2) is 0 Å². The summed E-state index contributed by atoms with van der Waals surface area (Å²) >= 11 is 0. The van der Waals surface area contributed by atoms with E-state index in [0.717, 1.165) is 0 Å². The van der Waals surface area contributed by atoms with Gasteiger partial charge >= 0.3 is 0 Å². The van der Waals surface area contributed by atoms with Crippen LogP contribution in [-0.2, 0) is 0 Å². The Bertz CT molecular complexity index is 5190. The van der Waals surface area contributed by atoms with E-state index in [1.165, 1.54) is 175 Å². The lowest BCUT2D eigenvalue weighted by molar-refractivity contribution is 1.60. The van der Waals surface area contributed by atoms with Gasteiger partial charge in [-0.1, -0.05) is 279 Å². The molecule has 0 aliphatic rings. The van der Waals surface area contributed by atoms with Gasteiger partial charge in [0.15, 0.2) is 0 Å². The van der Waals surface area contributed by atoms with Gasteiger partial charge in [0.1, 0.15) is 0 Å². The zero-order valence-corrected chi connectivity index (χ0v) is 47.2. The molecule has 0 heterocycles. The first-order chi connectivity index (χ1) is 42.6. The third-order valence-corrected chi connectivity index (χ3v) is 18.1. The van der Waals surface area contributed by atoms with Gasteiger partial charge in [-0.05, 0) is 224 Å². The van der Waals surface area contributed by atoms with Crippen LogP contribution in [0.1, 0.15) is 0 Å². The summed E-state index contributed by atoms with van der Waals surface area (Å²) in [6.07, 6.45) is 0. The van der Waals surface area contributed by atoms with Crippen molar-refractivity contribution in [3.05, 3.63) is 328 Å². The average Bonchev–Trinajstić information content (AvgIpc) is 0.969. The first-order valence-electron chi connectivity index (χ1n) is 29.9. The van der Waals surface area contributed by atoms with Gasteiger partial charge in [-0.15, -0.1) is 0 Å². The van der Waals surface area contributed by atoms with E-state index in [-0.39, 0.29) is 0 Å². The number of rotatable bonds is 8. The summed E-state index contributed by atoms with van der Waals surface area (Å²) in [5.41, 5.74) is 19.3. The van der Waals surface area contributed by atoms with Crippen molar-refractivity contribution in [2.45, 2.75) is 0 Å². The van der Waals surface area contributed by atoms with Crippen LogP contribution >= 0.6 is 0 Å². The largest absolute Gasteiger partial charge is 0.0616 e. The zero-order valence-electron chi connectivity index (χ0n) is 47.2. The molecule has 0 heteroatoms. The molecule has 0 atom stereocenters. The highest BCUT2D eigenvalue weighted by atomic mass is 14.2. The van der Waals surface area contributed by atoms with Crippen LogP contribution in [0, 0.1) is 0 Å². The van der Waals surface area contributed by atoms with E-state index in [2.05, 4.69) is 328 Å². The smallest absolute Gasteiger partial charge is 0.00262 e. The predicted molar refractivity (Wildman–Crippen MR) is 370 cm³/mol. The van der Waals surface area contributed by atoms with Gasteiger partial charge in [0.2, 0.25) is 0 Å². The molecule has 86 heavy (non-hydrogen) atoms. The Kier molecular flexibility index (Phi) is 11.7. The van der Waals surface area contributed by atoms with Crippen LogP contribution in [0.4, 0.5) is 0 Å². The Hall–Kier alpha value is -11.2. The van der Waals surface area contributed by atoms with Gasteiger partial charge in [-0.25, -0.2) is 0 Å². The van der Waals surface area contributed by atoms with Gasteiger partial charge in [0.05, 0.1) is 0 Å². The molecule has 17 aromatic rings. The molecule has 398 valence electrons. The second-order valence-electron chi connectivity index (χ2n) is 23.1. The van der Waals surface area contributed by atoms with Crippen molar-refractivity contribution in [3.8, 4) is 89.0 Å². The van der Waals surface area contributed by atoms with E-state index in [4.69, 9.17) is 0 Å². The lowest BCUT2D eigenvalue weighted by Gasteiger charge is -2.20. The number of hydrogen-bond acceptors (Lipinski definition) is 0. The van der Waals surface area contributed by atoms with E-state index in [9.17, 15) is 0 Å². The topological polar surface area (TPSA) is 0 Å². The average molecular weight is 1090 g/mol. The summed E-state index contributed by atoms with van der Waals surface area (Å²) in [7, 11) is 0. The summed E-state index contributed by atoms with van der Waals surface area (Å²) < 4.78 is 0. The first kappa shape index (κ1) is 49.4. The highest BCUT2D eigenvalue weighted by Crippen LogP contribution is 2.49. The van der Waals surface area contributed by atoms with E-state index in [1.807, 2.05) is 0 Å². The van der Waals surface area contributed by atoms with Crippen molar-refractivity contribution in [3.63, 3.8) is 0 Å². The standard InChI is InChI=1S/C86H54/c1-5-19-61-47-65(37-31-55(61)15-1)67-39-35-59-43-45-75(69-41-33-57-17-3-7-21-63(57)49-69)83(81(59)53-67)71-23-13-25-73(51-71)85-77-27-9-11-29-79(77)86(80-30-12-10-28-78(80)85)74-26-14-24-72(52-74)84-76(70-42-34-58-18-4-8-22-64(58)50-70)46-44-60-36-40-68(54-82(60)84)66-38-32-56-16-2-6-20-62(56)48-66/h1-54H. The number of fused-ring (bicyclic) bond motifs is 8. The molecular weight excluding hydrogens is 1030 g/mol. The molecule has 0 N–H and O–H groups in total. The molecule has 17 rings (SSSR count). The van der Waals surface area contributed by atoms with Crippen LogP contribution < -0.4 is 0 Å². The SMILES string of the molecule is c1cc(-c2c(-c3ccc4ccccc4c3)ccc3ccc(-c4ccc5ccccc5c4)cc23)cc(-c2c3ccccc3c(-c3cccc(-c4c(-c5ccc6ccccc6c5)ccc5ccc(-c6ccc7ccccc7c6)cc45)c3)c3ccccc23)c1. The first-order valence-corrected chi connectivity index (χ1v) is 29.9. The van der Waals surface area contributed by atoms with E-state index < -0.39 is 0 Å². The maximum absolute atomic E-state index is 2.46. The van der Waals surface area contributed by atoms with Crippen molar-refractivity contribution in [2.75, 3.05) is 0 Å². The van der Waals surface area contributed by atoms with Crippen molar-refractivity contribution in [1.82, 2.24) is 0 Å². The van der Waals surface area contributed by atoms with Gasteiger partial charge < -0.3 is 0 Å². The van der Waals surface area contributed by atoms with Crippen molar-refractivity contribution >= 4 is 86.2 Å². The molecule has 0 bridgehead atoms. The number of benzene rings is 17. The normalized spacial score (nSPS) is 11.7. The summed E-state index contributed by atoms with van der Waals surface area (Å²) in [4.78, 5) is 0. The molecule has 0 nitrogen and oxygen atoms in total. The minimum atomic E-state index is 1.18. The summed E-state index contributed by atoms with van der Waals surface area (Å²) in [6, 6.07) is 122. The van der Waals surface area contributed by atoms with Crippen molar-refractivity contribution in [1.29, 1.82) is 0 Å². The Morgan fingerprint density at radius 2 is 0.372 bits per heavy atom. The van der Waals surface area contributed by atoms with Gasteiger partial charge in [-0.3, -0.25) is 0 Å². The minimum Gasteiger partial charge on any atom is -0.0616 e. The Labute approximate surface area is 499 Å². The fraction of sp³-hybridized carbons (Fsp3) is 0. The number of hydrogen-bond donors (Lipinski definition) is 0. The van der Waals surface area contributed by atoms with E-state index in [0.29, 0.717) is 0 Å². The molecule has 0 aromatic heterocycles. The van der Waals surface area contributed by atoms with Crippen LogP contribution in [0.25, 0.3) is 175 Å². The molecule has 0 aliphatic heterocycles. The van der Waals surface area contributed by atoms with Gasteiger partial charge in [-0.2, -0.15) is 0 Å². The predicted octanol–water partition coefficient (Wildman–Crippen LogP) is 24.2. The maximum Gasteiger partial charge on any atom is -0.00262 e. The Balaban J connectivity index is 0.855. The fourth-order valence-electron chi connectivity index (χ4n) is 14.0. The second kappa shape index (κ2) is 20.3. The van der Waals surface area contributed by atoms with Crippen LogP contribution in [0.15, 0.2) is 328 Å². The summed E-state index contributed by atoms with van der Waals surface area (Å²) in [5.74, 6) is 0. The summed E-state index contributed by atoms with van der Waals surface area (Å²) in [5, 5.41) is 19.6.